The highest BCUT2D eigenvalue weighted by Crippen LogP contribution is 2.50. The number of aromatic nitrogens is 2. The summed E-state index contributed by atoms with van der Waals surface area (Å²) in [6.07, 6.45) is 2.15. The minimum Gasteiger partial charge on any atom is -0.432 e. The highest BCUT2D eigenvalue weighted by atomic mass is 127. The van der Waals surface area contributed by atoms with E-state index in [1.165, 1.54) is 10.8 Å². The summed E-state index contributed by atoms with van der Waals surface area (Å²) < 4.78 is 22.8. The van der Waals surface area contributed by atoms with E-state index in [4.69, 9.17) is 19.0 Å². The summed E-state index contributed by atoms with van der Waals surface area (Å²) in [4.78, 5) is 37.8. The van der Waals surface area contributed by atoms with E-state index in [9.17, 15) is 14.4 Å². The molecule has 2 rings (SSSR count). The number of rotatable bonds is 13. The summed E-state index contributed by atoms with van der Waals surface area (Å²) in [6.45, 7) is 16.9. The van der Waals surface area contributed by atoms with Crippen molar-refractivity contribution in [3.8, 4) is 6.07 Å². The zero-order valence-electron chi connectivity index (χ0n) is 23.2. The SMILES string of the molecule is CC(C)N(C(C)C)P(OCCC#N)OCC1OC(n2cc(I)c(=O)[nH]c2=O)CC1CC(C)(C)[Si](C)(C)O. The molecule has 2 heterocycles. The molecule has 0 spiro atoms. The third-order valence-electron chi connectivity index (χ3n) is 7.04. The molecule has 2 N–H and O–H groups in total. The largest absolute Gasteiger partial charge is 0.432 e. The van der Waals surface area contributed by atoms with Crippen molar-refractivity contribution in [2.24, 2.45) is 5.92 Å². The van der Waals surface area contributed by atoms with Gasteiger partial charge < -0.3 is 18.6 Å². The van der Waals surface area contributed by atoms with Gasteiger partial charge in [-0.2, -0.15) is 5.26 Å². The van der Waals surface area contributed by atoms with Gasteiger partial charge in [0.15, 0.2) is 8.32 Å². The van der Waals surface area contributed by atoms with Crippen molar-refractivity contribution in [3.05, 3.63) is 30.6 Å². The first-order valence-electron chi connectivity index (χ1n) is 12.7. The molecule has 4 unspecified atom stereocenters. The number of hydrogen-bond donors (Lipinski definition) is 2. The third-order valence-corrected chi connectivity index (χ3v) is 13.4. The van der Waals surface area contributed by atoms with Gasteiger partial charge in [-0.3, -0.25) is 14.3 Å². The maximum atomic E-state index is 12.6. The zero-order chi connectivity index (χ0) is 28.1. The molecule has 13 heteroatoms. The lowest BCUT2D eigenvalue weighted by Gasteiger charge is -2.38. The molecule has 1 aromatic heterocycles. The molecule has 1 saturated heterocycles. The van der Waals surface area contributed by atoms with Crippen molar-refractivity contribution in [1.82, 2.24) is 14.2 Å². The number of nitrogens with one attached hydrogen (secondary N) is 1. The maximum absolute atomic E-state index is 12.6. The Morgan fingerprint density at radius 2 is 1.95 bits per heavy atom. The third kappa shape index (κ3) is 8.67. The first-order chi connectivity index (χ1) is 17.1. The van der Waals surface area contributed by atoms with Gasteiger partial charge in [-0.1, -0.05) is 13.8 Å². The predicted molar refractivity (Wildman–Crippen MR) is 156 cm³/mol. The normalized spacial score (nSPS) is 21.7. The van der Waals surface area contributed by atoms with Gasteiger partial charge >= 0.3 is 5.69 Å². The minimum absolute atomic E-state index is 0.0120. The Kier molecular flexibility index (Phi) is 12.0. The van der Waals surface area contributed by atoms with E-state index >= 15 is 0 Å². The maximum Gasteiger partial charge on any atom is 0.330 e. The van der Waals surface area contributed by atoms with Gasteiger partial charge in [0.05, 0.1) is 35.4 Å². The van der Waals surface area contributed by atoms with E-state index in [1.807, 2.05) is 35.7 Å². The molecule has 210 valence electrons. The van der Waals surface area contributed by atoms with E-state index in [2.05, 4.69) is 57.3 Å². The number of aromatic amines is 1. The number of halogens is 1. The van der Waals surface area contributed by atoms with Crippen LogP contribution in [0.2, 0.25) is 18.1 Å². The van der Waals surface area contributed by atoms with E-state index < -0.39 is 34.3 Å². The van der Waals surface area contributed by atoms with Crippen LogP contribution in [0.15, 0.2) is 15.8 Å². The second-order valence-electron chi connectivity index (χ2n) is 11.3. The first-order valence-corrected chi connectivity index (χ1v) is 17.8. The van der Waals surface area contributed by atoms with Crippen molar-refractivity contribution in [2.45, 2.75) is 103 Å². The lowest BCUT2D eigenvalue weighted by molar-refractivity contribution is -0.0317. The lowest BCUT2D eigenvalue weighted by atomic mass is 9.90. The van der Waals surface area contributed by atoms with Crippen LogP contribution in [0.25, 0.3) is 0 Å². The highest BCUT2D eigenvalue weighted by molar-refractivity contribution is 14.1. The monoisotopic (exact) mass is 668 g/mol. The summed E-state index contributed by atoms with van der Waals surface area (Å²) in [5.41, 5.74) is -0.937. The van der Waals surface area contributed by atoms with Gasteiger partial charge in [-0.05, 0) is 87.2 Å². The standard InChI is InChI=1S/C24H42IN4O6PSi/c1-16(2)29(17(3)4)36(33-11-9-10-26)34-15-20-18(13-24(5,6)37(7,8)32)12-21(35-20)28-14-19(25)22(30)27-23(28)31/h14,16-18,20-21,32H,9,11-13,15H2,1-8H3,(H,27,30,31). The van der Waals surface area contributed by atoms with Crippen LogP contribution in [0.5, 0.6) is 0 Å². The fourth-order valence-electron chi connectivity index (χ4n) is 4.38. The molecule has 0 amide bonds. The van der Waals surface area contributed by atoms with Crippen LogP contribution in [0, 0.1) is 20.8 Å². The van der Waals surface area contributed by atoms with Crippen LogP contribution in [-0.2, 0) is 13.8 Å². The van der Waals surface area contributed by atoms with E-state index in [0.29, 0.717) is 16.4 Å². The molecule has 0 aliphatic carbocycles. The topological polar surface area (TPSA) is 130 Å². The Labute approximate surface area is 235 Å². The van der Waals surface area contributed by atoms with E-state index in [-0.39, 0.29) is 48.8 Å². The molecule has 0 aromatic carbocycles. The van der Waals surface area contributed by atoms with Crippen molar-refractivity contribution >= 4 is 39.4 Å². The van der Waals surface area contributed by atoms with Gasteiger partial charge in [0, 0.05) is 18.3 Å². The summed E-state index contributed by atoms with van der Waals surface area (Å²) in [5.74, 6) is 0.0120. The molecule has 37 heavy (non-hydrogen) atoms. The van der Waals surface area contributed by atoms with Crippen LogP contribution >= 0.6 is 31.1 Å². The molecule has 0 radical (unpaired) electrons. The average Bonchev–Trinajstić information content (AvgIpc) is 3.14. The van der Waals surface area contributed by atoms with Crippen molar-refractivity contribution in [3.63, 3.8) is 0 Å². The smallest absolute Gasteiger partial charge is 0.330 e. The molecular weight excluding hydrogens is 626 g/mol. The molecule has 1 aliphatic rings. The summed E-state index contributed by atoms with van der Waals surface area (Å²) >= 11 is 1.90. The van der Waals surface area contributed by atoms with Gasteiger partial charge in [0.25, 0.3) is 14.1 Å². The summed E-state index contributed by atoms with van der Waals surface area (Å²) in [7, 11) is -3.94. The molecule has 4 atom stereocenters. The quantitative estimate of drug-likeness (QED) is 0.134. The minimum atomic E-state index is -2.50. The molecule has 1 fully saturated rings. The Bertz CT molecular complexity index is 1040. The Balaban J connectivity index is 2.33. The Hall–Kier alpha value is -0.653. The van der Waals surface area contributed by atoms with E-state index in [1.54, 1.807) is 0 Å². The van der Waals surface area contributed by atoms with Crippen molar-refractivity contribution in [2.75, 3.05) is 13.2 Å². The molecule has 10 nitrogen and oxygen atoms in total. The average molecular weight is 669 g/mol. The Morgan fingerprint density at radius 3 is 2.49 bits per heavy atom. The van der Waals surface area contributed by atoms with Crippen LogP contribution < -0.4 is 11.2 Å². The van der Waals surface area contributed by atoms with Crippen molar-refractivity contribution < 1.29 is 18.6 Å². The number of nitrogens with zero attached hydrogens (tertiary/aromatic N) is 3. The van der Waals surface area contributed by atoms with Crippen LogP contribution in [0.4, 0.5) is 0 Å². The second kappa shape index (κ2) is 13.6. The Morgan fingerprint density at radius 1 is 1.32 bits per heavy atom. The molecule has 1 aromatic rings. The number of nitriles is 1. The lowest BCUT2D eigenvalue weighted by Crippen LogP contribution is -2.41. The predicted octanol–water partition coefficient (Wildman–Crippen LogP) is 4.71. The molecular formula is C24H42IN4O6PSi. The van der Waals surface area contributed by atoms with Crippen LogP contribution in [-0.4, -0.2) is 58.7 Å². The zero-order valence-corrected chi connectivity index (χ0v) is 27.2. The molecule has 1 aliphatic heterocycles. The van der Waals surface area contributed by atoms with Crippen molar-refractivity contribution in [1.29, 1.82) is 5.26 Å². The first kappa shape index (κ1) is 32.6. The summed E-state index contributed by atoms with van der Waals surface area (Å²) in [6, 6.07) is 2.45. The van der Waals surface area contributed by atoms with E-state index in [0.717, 1.165) is 0 Å². The van der Waals surface area contributed by atoms with Gasteiger partial charge in [0.1, 0.15) is 6.23 Å². The van der Waals surface area contributed by atoms with Gasteiger partial charge in [-0.25, -0.2) is 9.46 Å². The second-order valence-corrected chi connectivity index (χ2v) is 18.3. The van der Waals surface area contributed by atoms with Crippen LogP contribution in [0.1, 0.15) is 67.0 Å². The fourth-order valence-corrected chi connectivity index (χ4v) is 7.19. The fraction of sp³-hybridized carbons (Fsp3) is 0.792. The number of H-pyrrole nitrogens is 1. The van der Waals surface area contributed by atoms with Gasteiger partial charge in [-0.15, -0.1) is 0 Å². The number of ether oxygens (including phenoxy) is 1. The molecule has 0 saturated carbocycles. The highest BCUT2D eigenvalue weighted by Gasteiger charge is 2.46. The number of hydrogen-bond acceptors (Lipinski definition) is 8. The van der Waals surface area contributed by atoms with Crippen LogP contribution in [0.3, 0.4) is 0 Å². The van der Waals surface area contributed by atoms with Gasteiger partial charge in [0.2, 0.25) is 0 Å². The summed E-state index contributed by atoms with van der Waals surface area (Å²) in [5, 5.41) is 8.68. The molecule has 0 bridgehead atoms.